The number of hydrogen-bond acceptors (Lipinski definition) is 4. The summed E-state index contributed by atoms with van der Waals surface area (Å²) in [4.78, 5) is 18.6. The Balaban J connectivity index is 1.23. The van der Waals surface area contributed by atoms with Crippen molar-refractivity contribution in [3.63, 3.8) is 0 Å². The first-order valence-electron chi connectivity index (χ1n) is 11.2. The highest BCUT2D eigenvalue weighted by molar-refractivity contribution is 6.02. The van der Waals surface area contributed by atoms with Crippen LogP contribution in [0.3, 0.4) is 0 Å². The van der Waals surface area contributed by atoms with Crippen LogP contribution >= 0.6 is 0 Å². The summed E-state index contributed by atoms with van der Waals surface area (Å²) in [6, 6.07) is 25.9. The Morgan fingerprint density at radius 3 is 2.76 bits per heavy atom. The normalized spacial score (nSPS) is 15.1. The highest BCUT2D eigenvalue weighted by atomic mass is 16.5. The maximum atomic E-state index is 13.2. The summed E-state index contributed by atoms with van der Waals surface area (Å²) >= 11 is 0. The number of anilines is 2. The summed E-state index contributed by atoms with van der Waals surface area (Å²) < 4.78 is 7.95. The maximum absolute atomic E-state index is 13.2. The number of amides is 1. The van der Waals surface area contributed by atoms with Gasteiger partial charge in [0, 0.05) is 30.5 Å². The van der Waals surface area contributed by atoms with E-state index in [1.165, 1.54) is 0 Å². The van der Waals surface area contributed by atoms with E-state index >= 15 is 0 Å². The molecule has 0 spiro atoms. The molecule has 168 valence electrons. The molecule has 34 heavy (non-hydrogen) atoms. The summed E-state index contributed by atoms with van der Waals surface area (Å²) in [7, 11) is 0. The van der Waals surface area contributed by atoms with Crippen molar-refractivity contribution >= 4 is 28.2 Å². The lowest BCUT2D eigenvalue weighted by molar-refractivity contribution is -0.122. The zero-order valence-corrected chi connectivity index (χ0v) is 18.4. The summed E-state index contributed by atoms with van der Waals surface area (Å²) in [5.74, 6) is 0.538. The van der Waals surface area contributed by atoms with Crippen molar-refractivity contribution in [3.05, 3.63) is 103 Å². The standard InChI is InChI=1S/C27H23N5O2/c33-27(30-22-6-3-5-20-13-15-28-26(20)22)25-18-31(23-7-1-2-8-24(23)34-25)17-19-9-11-21(12-10-19)32-16-4-14-29-32/h1-16,25,28H,17-18H2,(H,30,33). The van der Waals surface area contributed by atoms with E-state index in [0.717, 1.165) is 33.5 Å². The van der Waals surface area contributed by atoms with Gasteiger partial charge in [-0.1, -0.05) is 36.4 Å². The number of carbonyl (C=O) groups excluding carboxylic acids is 1. The summed E-state index contributed by atoms with van der Waals surface area (Å²) in [5.41, 5.74) is 4.78. The van der Waals surface area contributed by atoms with Crippen molar-refractivity contribution in [3.8, 4) is 11.4 Å². The van der Waals surface area contributed by atoms with Crippen molar-refractivity contribution < 1.29 is 9.53 Å². The van der Waals surface area contributed by atoms with Crippen molar-refractivity contribution in [1.29, 1.82) is 0 Å². The van der Waals surface area contributed by atoms with Crippen LogP contribution in [0, 0.1) is 0 Å². The summed E-state index contributed by atoms with van der Waals surface area (Å²) in [6.45, 7) is 1.11. The number of para-hydroxylation sites is 3. The molecule has 0 bridgehead atoms. The topological polar surface area (TPSA) is 75.2 Å². The molecule has 1 amide bonds. The molecule has 1 aliphatic heterocycles. The number of nitrogens with zero attached hydrogens (tertiary/aromatic N) is 3. The molecule has 3 heterocycles. The van der Waals surface area contributed by atoms with Gasteiger partial charge in [-0.3, -0.25) is 4.79 Å². The zero-order valence-electron chi connectivity index (χ0n) is 18.4. The SMILES string of the molecule is O=C(Nc1cccc2cc[nH]c12)C1CN(Cc2ccc(-n3cccn3)cc2)c2ccccc2O1. The minimum Gasteiger partial charge on any atom is -0.477 e. The van der Waals surface area contributed by atoms with Crippen molar-refractivity contribution in [2.24, 2.45) is 0 Å². The molecule has 1 atom stereocenters. The van der Waals surface area contributed by atoms with Gasteiger partial charge in [0.1, 0.15) is 5.75 Å². The van der Waals surface area contributed by atoms with Gasteiger partial charge in [0.15, 0.2) is 6.10 Å². The minimum absolute atomic E-state index is 0.171. The molecule has 1 aliphatic rings. The predicted molar refractivity (Wildman–Crippen MR) is 132 cm³/mol. The molecule has 1 unspecified atom stereocenters. The number of carbonyl (C=O) groups is 1. The second-order valence-corrected chi connectivity index (χ2v) is 8.31. The fraction of sp³-hybridized carbons (Fsp3) is 0.111. The van der Waals surface area contributed by atoms with Crippen LogP contribution in [-0.4, -0.2) is 33.3 Å². The fourth-order valence-corrected chi connectivity index (χ4v) is 4.39. The van der Waals surface area contributed by atoms with Crippen molar-refractivity contribution in [1.82, 2.24) is 14.8 Å². The number of ether oxygens (including phenoxy) is 1. The van der Waals surface area contributed by atoms with Crippen LogP contribution in [0.4, 0.5) is 11.4 Å². The summed E-state index contributed by atoms with van der Waals surface area (Å²) in [5, 5.41) is 8.38. The third kappa shape index (κ3) is 3.77. The Labute approximate surface area is 196 Å². The van der Waals surface area contributed by atoms with Gasteiger partial charge in [-0.15, -0.1) is 0 Å². The quantitative estimate of drug-likeness (QED) is 0.406. The Morgan fingerprint density at radius 2 is 1.91 bits per heavy atom. The molecule has 2 N–H and O–H groups in total. The average Bonchev–Trinajstić information content (AvgIpc) is 3.57. The smallest absolute Gasteiger partial charge is 0.267 e. The van der Waals surface area contributed by atoms with Crippen LogP contribution in [0.2, 0.25) is 0 Å². The van der Waals surface area contributed by atoms with Gasteiger partial charge in [0.25, 0.3) is 5.91 Å². The van der Waals surface area contributed by atoms with Crippen LogP contribution in [-0.2, 0) is 11.3 Å². The van der Waals surface area contributed by atoms with E-state index in [2.05, 4.69) is 44.6 Å². The largest absolute Gasteiger partial charge is 0.477 e. The van der Waals surface area contributed by atoms with Gasteiger partial charge in [0.2, 0.25) is 0 Å². The minimum atomic E-state index is -0.636. The first kappa shape index (κ1) is 20.1. The van der Waals surface area contributed by atoms with Crippen LogP contribution < -0.4 is 15.0 Å². The predicted octanol–water partition coefficient (Wildman–Crippen LogP) is 4.76. The Hall–Kier alpha value is -4.52. The molecule has 2 aromatic heterocycles. The highest BCUT2D eigenvalue weighted by Crippen LogP contribution is 2.34. The third-order valence-corrected chi connectivity index (χ3v) is 6.08. The Kier molecular flexibility index (Phi) is 4.99. The number of hydrogen-bond donors (Lipinski definition) is 2. The molecule has 3 aromatic carbocycles. The first-order valence-corrected chi connectivity index (χ1v) is 11.2. The van der Waals surface area contributed by atoms with E-state index in [-0.39, 0.29) is 5.91 Å². The Morgan fingerprint density at radius 1 is 1.03 bits per heavy atom. The van der Waals surface area contributed by atoms with Gasteiger partial charge in [0.05, 0.1) is 29.1 Å². The molecule has 0 fully saturated rings. The molecule has 7 nitrogen and oxygen atoms in total. The molecule has 0 aliphatic carbocycles. The molecule has 0 saturated carbocycles. The van der Waals surface area contributed by atoms with Crippen LogP contribution in [0.1, 0.15) is 5.56 Å². The van der Waals surface area contributed by atoms with Crippen LogP contribution in [0.25, 0.3) is 16.6 Å². The number of benzene rings is 3. The van der Waals surface area contributed by atoms with Gasteiger partial charge in [-0.2, -0.15) is 5.10 Å². The molecule has 0 saturated heterocycles. The average molecular weight is 450 g/mol. The molecule has 5 aromatic rings. The van der Waals surface area contributed by atoms with Crippen LogP contribution in [0.15, 0.2) is 97.5 Å². The van der Waals surface area contributed by atoms with Crippen LogP contribution in [0.5, 0.6) is 5.75 Å². The maximum Gasteiger partial charge on any atom is 0.267 e. The third-order valence-electron chi connectivity index (χ3n) is 6.08. The highest BCUT2D eigenvalue weighted by Gasteiger charge is 2.31. The van der Waals surface area contributed by atoms with E-state index in [9.17, 15) is 4.79 Å². The number of aromatic nitrogens is 3. The lowest BCUT2D eigenvalue weighted by Gasteiger charge is -2.35. The zero-order chi connectivity index (χ0) is 22.9. The second kappa shape index (κ2) is 8.44. The first-order chi connectivity index (χ1) is 16.7. The van der Waals surface area contributed by atoms with E-state index in [1.54, 1.807) is 6.20 Å². The van der Waals surface area contributed by atoms with E-state index < -0.39 is 6.10 Å². The van der Waals surface area contributed by atoms with Gasteiger partial charge >= 0.3 is 0 Å². The van der Waals surface area contributed by atoms with E-state index in [4.69, 9.17) is 4.74 Å². The molecule has 7 heteroatoms. The van der Waals surface area contributed by atoms with Crippen molar-refractivity contribution in [2.75, 3.05) is 16.8 Å². The fourth-order valence-electron chi connectivity index (χ4n) is 4.39. The molecular formula is C27H23N5O2. The van der Waals surface area contributed by atoms with E-state index in [0.29, 0.717) is 18.8 Å². The van der Waals surface area contributed by atoms with Crippen molar-refractivity contribution in [2.45, 2.75) is 12.6 Å². The molecule has 0 radical (unpaired) electrons. The lowest BCUT2D eigenvalue weighted by atomic mass is 10.1. The number of H-pyrrole nitrogens is 1. The van der Waals surface area contributed by atoms with Gasteiger partial charge in [-0.05, 0) is 48.0 Å². The van der Waals surface area contributed by atoms with Gasteiger partial charge in [-0.25, -0.2) is 4.68 Å². The number of rotatable bonds is 5. The number of nitrogens with one attached hydrogen (secondary N) is 2. The monoisotopic (exact) mass is 449 g/mol. The van der Waals surface area contributed by atoms with E-state index in [1.807, 2.05) is 71.7 Å². The molecular weight excluding hydrogens is 426 g/mol. The Bertz CT molecular complexity index is 1440. The lowest BCUT2D eigenvalue weighted by Crippen LogP contribution is -2.46. The second-order valence-electron chi connectivity index (χ2n) is 8.31. The van der Waals surface area contributed by atoms with Gasteiger partial charge < -0.3 is 19.9 Å². The summed E-state index contributed by atoms with van der Waals surface area (Å²) in [6.07, 6.45) is 4.92. The number of fused-ring (bicyclic) bond motifs is 2. The molecule has 6 rings (SSSR count). The number of aromatic amines is 1.